The fraction of sp³-hybridized carbons (Fsp3) is 0.278. The van der Waals surface area contributed by atoms with Gasteiger partial charge in [0.1, 0.15) is 18.1 Å². The summed E-state index contributed by atoms with van der Waals surface area (Å²) < 4.78 is 49.5. The van der Waals surface area contributed by atoms with Crippen molar-refractivity contribution in [2.75, 3.05) is 25.1 Å². The summed E-state index contributed by atoms with van der Waals surface area (Å²) in [5.41, 5.74) is -1.32. The van der Waals surface area contributed by atoms with E-state index in [4.69, 9.17) is 21.1 Å². The van der Waals surface area contributed by atoms with Crippen LogP contribution in [0.3, 0.4) is 0 Å². The lowest BCUT2D eigenvalue weighted by Gasteiger charge is -2.16. The number of carbonyl (C=O) groups excluding carboxylic acids is 1. The number of nitrogens with one attached hydrogen (secondary N) is 1. The number of ether oxygens (including phenoxy) is 2. The third kappa shape index (κ3) is 5.77. The van der Waals surface area contributed by atoms with Crippen molar-refractivity contribution >= 4 is 23.2 Å². The number of amides is 1. The summed E-state index contributed by atoms with van der Waals surface area (Å²) in [6.45, 7) is 2.58. The van der Waals surface area contributed by atoms with Crippen molar-refractivity contribution in [1.29, 1.82) is 0 Å². The monoisotopic (exact) mass is 403 g/mol. The van der Waals surface area contributed by atoms with Gasteiger partial charge in [-0.3, -0.25) is 4.79 Å². The first kappa shape index (κ1) is 20.9. The Hall–Kier alpha value is -2.45. The second-order valence-corrected chi connectivity index (χ2v) is 5.81. The van der Waals surface area contributed by atoms with Crippen LogP contribution in [0.2, 0.25) is 5.02 Å². The minimum atomic E-state index is -4.60. The molecule has 0 radical (unpaired) electrons. The van der Waals surface area contributed by atoms with Gasteiger partial charge in [0.25, 0.3) is 5.91 Å². The second kappa shape index (κ2) is 8.96. The highest BCUT2D eigenvalue weighted by Crippen LogP contribution is 2.35. The van der Waals surface area contributed by atoms with E-state index < -0.39 is 17.6 Å². The van der Waals surface area contributed by atoms with Crippen molar-refractivity contribution in [3.63, 3.8) is 0 Å². The van der Waals surface area contributed by atoms with Crippen LogP contribution < -0.4 is 10.1 Å². The maximum atomic E-state index is 13.0. The van der Waals surface area contributed by atoms with Gasteiger partial charge in [-0.25, -0.2) is 0 Å². The first-order chi connectivity index (χ1) is 12.7. The fourth-order valence-corrected chi connectivity index (χ4v) is 2.34. The number of rotatable bonds is 7. The number of alkyl halides is 3. The molecule has 0 atom stereocenters. The standard InChI is InChI=1S/C18H17ClF3NO4/c1-2-26-7-8-27-16-6-3-11(18(20,21)22)9-14(16)23-17(25)13-10-12(19)4-5-15(13)24/h3-6,9-10,24H,2,7-8H2,1H3,(H,23,25). The van der Waals surface area contributed by atoms with Gasteiger partial charge in [-0.05, 0) is 43.3 Å². The largest absolute Gasteiger partial charge is 0.507 e. The van der Waals surface area contributed by atoms with E-state index in [1.807, 2.05) is 0 Å². The van der Waals surface area contributed by atoms with E-state index in [2.05, 4.69) is 5.32 Å². The lowest BCUT2D eigenvalue weighted by molar-refractivity contribution is -0.137. The predicted molar refractivity (Wildman–Crippen MR) is 94.5 cm³/mol. The van der Waals surface area contributed by atoms with Gasteiger partial charge in [0.15, 0.2) is 0 Å². The summed E-state index contributed by atoms with van der Waals surface area (Å²) in [5.74, 6) is -1.15. The number of aromatic hydroxyl groups is 1. The van der Waals surface area contributed by atoms with Crippen LogP contribution >= 0.6 is 11.6 Å². The number of anilines is 1. The van der Waals surface area contributed by atoms with Crippen LogP contribution in [0.25, 0.3) is 0 Å². The van der Waals surface area contributed by atoms with Crippen LogP contribution in [0.1, 0.15) is 22.8 Å². The summed E-state index contributed by atoms with van der Waals surface area (Å²) >= 11 is 5.80. The Morgan fingerprint density at radius 3 is 2.59 bits per heavy atom. The van der Waals surface area contributed by atoms with Crippen LogP contribution in [0.5, 0.6) is 11.5 Å². The summed E-state index contributed by atoms with van der Waals surface area (Å²) in [4.78, 5) is 12.4. The zero-order valence-corrected chi connectivity index (χ0v) is 15.0. The fourth-order valence-electron chi connectivity index (χ4n) is 2.16. The van der Waals surface area contributed by atoms with Gasteiger partial charge in [0.05, 0.1) is 23.4 Å². The highest BCUT2D eigenvalue weighted by Gasteiger charge is 2.31. The topological polar surface area (TPSA) is 67.8 Å². The van der Waals surface area contributed by atoms with Gasteiger partial charge in [-0.2, -0.15) is 13.2 Å². The van der Waals surface area contributed by atoms with Gasteiger partial charge in [-0.1, -0.05) is 11.6 Å². The molecule has 0 aliphatic heterocycles. The average molecular weight is 404 g/mol. The maximum Gasteiger partial charge on any atom is 0.416 e. The molecule has 9 heteroatoms. The Labute approximate surface area is 158 Å². The van der Waals surface area contributed by atoms with E-state index in [9.17, 15) is 23.1 Å². The number of phenolic OH excluding ortho intramolecular Hbond substituents is 1. The van der Waals surface area contributed by atoms with E-state index in [1.165, 1.54) is 18.2 Å². The normalized spacial score (nSPS) is 11.3. The van der Waals surface area contributed by atoms with Crippen molar-refractivity contribution in [2.45, 2.75) is 13.1 Å². The van der Waals surface area contributed by atoms with E-state index >= 15 is 0 Å². The molecule has 27 heavy (non-hydrogen) atoms. The lowest BCUT2D eigenvalue weighted by atomic mass is 10.1. The quantitative estimate of drug-likeness (QED) is 0.656. The van der Waals surface area contributed by atoms with E-state index in [1.54, 1.807) is 6.92 Å². The lowest BCUT2D eigenvalue weighted by Crippen LogP contribution is -2.15. The number of phenols is 1. The molecule has 0 aliphatic carbocycles. The van der Waals surface area contributed by atoms with Crippen LogP contribution in [-0.4, -0.2) is 30.8 Å². The second-order valence-electron chi connectivity index (χ2n) is 5.37. The molecule has 0 fully saturated rings. The van der Waals surface area contributed by atoms with Gasteiger partial charge in [0.2, 0.25) is 0 Å². The molecule has 1 amide bonds. The predicted octanol–water partition coefficient (Wildman–Crippen LogP) is 4.73. The molecular formula is C18H17ClF3NO4. The average Bonchev–Trinajstić information content (AvgIpc) is 2.60. The van der Waals surface area contributed by atoms with Crippen molar-refractivity contribution in [3.05, 3.63) is 52.5 Å². The Morgan fingerprint density at radius 2 is 1.93 bits per heavy atom. The van der Waals surface area contributed by atoms with Gasteiger partial charge in [0, 0.05) is 11.6 Å². The summed E-state index contributed by atoms with van der Waals surface area (Å²) in [6, 6.07) is 6.51. The zero-order chi connectivity index (χ0) is 20.0. The van der Waals surface area contributed by atoms with Gasteiger partial charge < -0.3 is 19.9 Å². The third-order valence-electron chi connectivity index (χ3n) is 3.45. The molecular weight excluding hydrogens is 387 g/mol. The molecule has 0 spiro atoms. The van der Waals surface area contributed by atoms with E-state index in [-0.39, 0.29) is 41.0 Å². The number of benzene rings is 2. The van der Waals surface area contributed by atoms with Crippen LogP contribution in [0.4, 0.5) is 18.9 Å². The molecule has 2 aromatic rings. The molecule has 0 aliphatic rings. The molecule has 2 N–H and O–H groups in total. The van der Waals surface area contributed by atoms with Crippen molar-refractivity contribution in [3.8, 4) is 11.5 Å². The summed E-state index contributed by atoms with van der Waals surface area (Å²) in [7, 11) is 0. The van der Waals surface area contributed by atoms with Crippen molar-refractivity contribution < 1.29 is 32.5 Å². The Kier molecular flexibility index (Phi) is 6.92. The zero-order valence-electron chi connectivity index (χ0n) is 14.3. The molecule has 2 rings (SSSR count). The highest BCUT2D eigenvalue weighted by molar-refractivity contribution is 6.31. The van der Waals surface area contributed by atoms with Crippen molar-refractivity contribution in [2.24, 2.45) is 0 Å². The molecule has 0 saturated carbocycles. The minimum Gasteiger partial charge on any atom is -0.507 e. The Morgan fingerprint density at radius 1 is 1.19 bits per heavy atom. The molecule has 146 valence electrons. The van der Waals surface area contributed by atoms with Crippen molar-refractivity contribution in [1.82, 2.24) is 0 Å². The summed E-state index contributed by atoms with van der Waals surface area (Å²) in [6.07, 6.45) is -4.60. The number of halogens is 4. The first-order valence-corrected chi connectivity index (χ1v) is 8.31. The Bertz CT molecular complexity index is 812. The first-order valence-electron chi connectivity index (χ1n) is 7.94. The Balaban J connectivity index is 2.30. The highest BCUT2D eigenvalue weighted by atomic mass is 35.5. The molecule has 5 nitrogen and oxygen atoms in total. The smallest absolute Gasteiger partial charge is 0.416 e. The number of hydrogen-bond acceptors (Lipinski definition) is 4. The number of hydrogen-bond donors (Lipinski definition) is 2. The molecule has 0 heterocycles. The van der Waals surface area contributed by atoms with Crippen LogP contribution in [0.15, 0.2) is 36.4 Å². The van der Waals surface area contributed by atoms with Crippen LogP contribution in [0, 0.1) is 0 Å². The van der Waals surface area contributed by atoms with Gasteiger partial charge >= 0.3 is 6.18 Å². The maximum absolute atomic E-state index is 13.0. The molecule has 0 unspecified atom stereocenters. The molecule has 0 bridgehead atoms. The number of carbonyl (C=O) groups is 1. The molecule has 0 aromatic heterocycles. The molecule has 2 aromatic carbocycles. The van der Waals surface area contributed by atoms with Gasteiger partial charge in [-0.15, -0.1) is 0 Å². The SMILES string of the molecule is CCOCCOc1ccc(C(F)(F)F)cc1NC(=O)c1cc(Cl)ccc1O. The third-order valence-corrected chi connectivity index (χ3v) is 3.68. The van der Waals surface area contributed by atoms with E-state index in [0.29, 0.717) is 6.61 Å². The van der Waals surface area contributed by atoms with Crippen LogP contribution in [-0.2, 0) is 10.9 Å². The summed E-state index contributed by atoms with van der Waals surface area (Å²) in [5, 5.41) is 12.3. The molecule has 0 saturated heterocycles. The van der Waals surface area contributed by atoms with E-state index in [0.717, 1.165) is 18.2 Å². The minimum absolute atomic E-state index is 0.0394.